The number of H-pyrrole nitrogens is 1. The maximum atomic E-state index is 13.1. The largest absolute Gasteiger partial charge is 0.450 e. The Morgan fingerprint density at radius 3 is 2.19 bits per heavy atom. The minimum absolute atomic E-state index is 0.0432. The molecule has 2 heterocycles. The summed E-state index contributed by atoms with van der Waals surface area (Å²) < 4.78 is 7.34. The molecule has 0 bridgehead atoms. The number of amides is 1. The van der Waals surface area contributed by atoms with Crippen LogP contribution >= 0.6 is 0 Å². The van der Waals surface area contributed by atoms with Crippen molar-refractivity contribution >= 4 is 17.1 Å². The topological polar surface area (TPSA) is 70.6 Å². The van der Waals surface area contributed by atoms with Crippen LogP contribution in [0.5, 0.6) is 0 Å². The third kappa shape index (κ3) is 5.06. The van der Waals surface area contributed by atoms with Crippen molar-refractivity contribution in [2.24, 2.45) is 0 Å². The fraction of sp³-hybridized carbons (Fsp3) is 0.310. The van der Waals surface area contributed by atoms with E-state index in [0.29, 0.717) is 39.1 Å². The number of carbonyl (C=O) groups is 1. The Morgan fingerprint density at radius 2 is 1.56 bits per heavy atom. The lowest BCUT2D eigenvalue weighted by molar-refractivity contribution is -0.0129. The summed E-state index contributed by atoms with van der Waals surface area (Å²) in [5, 5.41) is 0. The van der Waals surface area contributed by atoms with Crippen LogP contribution in [0.15, 0.2) is 89.7 Å². The van der Waals surface area contributed by atoms with Gasteiger partial charge in [-0.15, -0.1) is 0 Å². The Balaban J connectivity index is 1.52. The van der Waals surface area contributed by atoms with E-state index < -0.39 is 0 Å². The zero-order valence-corrected chi connectivity index (χ0v) is 20.5. The van der Waals surface area contributed by atoms with Crippen molar-refractivity contribution in [1.29, 1.82) is 0 Å². The molecule has 3 aromatic carbocycles. The van der Waals surface area contributed by atoms with Crippen LogP contribution in [0, 0.1) is 0 Å². The number of benzene rings is 3. The second kappa shape index (κ2) is 10.8. The van der Waals surface area contributed by atoms with Gasteiger partial charge in [0.1, 0.15) is 0 Å². The lowest BCUT2D eigenvalue weighted by atomic mass is 9.99. The molecule has 0 spiro atoms. The predicted octanol–water partition coefficient (Wildman–Crippen LogP) is 5.15. The lowest BCUT2D eigenvalue weighted by Gasteiger charge is -2.44. The fourth-order valence-corrected chi connectivity index (χ4v) is 5.26. The quantitative estimate of drug-likeness (QED) is 0.394. The summed E-state index contributed by atoms with van der Waals surface area (Å²) in [7, 11) is 0. The Labute approximate surface area is 210 Å². The molecule has 7 heteroatoms. The van der Waals surface area contributed by atoms with Crippen LogP contribution in [0.1, 0.15) is 36.9 Å². The molecule has 2 unspecified atom stereocenters. The highest BCUT2D eigenvalue weighted by molar-refractivity contribution is 5.75. The molecule has 1 saturated heterocycles. The van der Waals surface area contributed by atoms with Gasteiger partial charge in [0.2, 0.25) is 0 Å². The average molecular weight is 485 g/mol. The number of hydrogen-bond acceptors (Lipinski definition) is 4. The number of nitrogens with one attached hydrogen (secondary N) is 1. The van der Waals surface area contributed by atoms with Gasteiger partial charge in [-0.2, -0.15) is 0 Å². The van der Waals surface area contributed by atoms with Gasteiger partial charge in [-0.25, -0.2) is 9.59 Å². The van der Waals surface area contributed by atoms with E-state index >= 15 is 0 Å². The summed E-state index contributed by atoms with van der Waals surface area (Å²) in [4.78, 5) is 33.3. The highest BCUT2D eigenvalue weighted by Crippen LogP contribution is 2.32. The summed E-state index contributed by atoms with van der Waals surface area (Å²) in [5.74, 6) is 0. The fourth-order valence-electron chi connectivity index (χ4n) is 5.26. The first-order valence-corrected chi connectivity index (χ1v) is 12.6. The maximum Gasteiger partial charge on any atom is 0.411 e. The first-order chi connectivity index (χ1) is 17.6. The molecular formula is C29H32N4O3. The van der Waals surface area contributed by atoms with Crippen LogP contribution in [-0.4, -0.2) is 44.8 Å². The first kappa shape index (κ1) is 23.9. The highest BCUT2D eigenvalue weighted by Gasteiger charge is 2.38. The number of fused-ring (bicyclic) bond motifs is 1. The third-order valence-corrected chi connectivity index (χ3v) is 6.92. The van der Waals surface area contributed by atoms with Crippen molar-refractivity contribution in [3.63, 3.8) is 0 Å². The number of aromatic nitrogens is 2. The average Bonchev–Trinajstić information content (AvgIpc) is 3.25. The van der Waals surface area contributed by atoms with Crippen molar-refractivity contribution in [1.82, 2.24) is 19.4 Å². The van der Waals surface area contributed by atoms with Crippen LogP contribution in [0.25, 0.3) is 11.0 Å². The molecule has 1 amide bonds. The second-order valence-corrected chi connectivity index (χ2v) is 9.24. The number of para-hydroxylation sites is 2. The van der Waals surface area contributed by atoms with Gasteiger partial charge < -0.3 is 9.72 Å². The van der Waals surface area contributed by atoms with E-state index in [1.54, 1.807) is 0 Å². The Morgan fingerprint density at radius 1 is 0.944 bits per heavy atom. The molecular weight excluding hydrogens is 452 g/mol. The van der Waals surface area contributed by atoms with Crippen LogP contribution in [0.3, 0.4) is 0 Å². The number of piperidine rings is 1. The number of likely N-dealkylation sites (tertiary alicyclic amines) is 1. The summed E-state index contributed by atoms with van der Waals surface area (Å²) in [6, 6.07) is 28.3. The molecule has 1 aliphatic rings. The first-order valence-electron chi connectivity index (χ1n) is 12.6. The summed E-state index contributed by atoms with van der Waals surface area (Å²) in [6.07, 6.45) is 0.768. The molecule has 1 aromatic heterocycles. The van der Waals surface area contributed by atoms with Crippen molar-refractivity contribution in [3.8, 4) is 0 Å². The molecule has 1 aliphatic heterocycles. The molecule has 36 heavy (non-hydrogen) atoms. The zero-order valence-electron chi connectivity index (χ0n) is 20.5. The van der Waals surface area contributed by atoms with Gasteiger partial charge in [-0.1, -0.05) is 72.8 Å². The molecule has 0 aliphatic carbocycles. The monoisotopic (exact) mass is 484 g/mol. The van der Waals surface area contributed by atoms with Crippen LogP contribution < -0.4 is 5.69 Å². The summed E-state index contributed by atoms with van der Waals surface area (Å²) in [6.45, 7) is 4.01. The molecule has 4 aromatic rings. The van der Waals surface area contributed by atoms with Crippen molar-refractivity contribution < 1.29 is 9.53 Å². The smallest absolute Gasteiger partial charge is 0.411 e. The van der Waals surface area contributed by atoms with E-state index in [1.165, 1.54) is 11.1 Å². The third-order valence-electron chi connectivity index (χ3n) is 6.92. The number of hydrogen-bond donors (Lipinski definition) is 1. The molecule has 1 fully saturated rings. The van der Waals surface area contributed by atoms with Gasteiger partial charge >= 0.3 is 11.8 Å². The molecule has 1 N–H and O–H groups in total. The summed E-state index contributed by atoms with van der Waals surface area (Å²) >= 11 is 0. The summed E-state index contributed by atoms with van der Waals surface area (Å²) in [5.41, 5.74) is 3.96. The normalized spacial score (nSPS) is 18.0. The second-order valence-electron chi connectivity index (χ2n) is 9.24. The van der Waals surface area contributed by atoms with Crippen LogP contribution in [-0.2, 0) is 17.8 Å². The molecule has 186 valence electrons. The van der Waals surface area contributed by atoms with Gasteiger partial charge in [0.05, 0.1) is 23.8 Å². The predicted molar refractivity (Wildman–Crippen MR) is 140 cm³/mol. The van der Waals surface area contributed by atoms with Crippen LogP contribution in [0.4, 0.5) is 4.79 Å². The van der Waals surface area contributed by atoms with Crippen molar-refractivity contribution in [2.45, 2.75) is 45.1 Å². The number of aromatic amines is 1. The highest BCUT2D eigenvalue weighted by atomic mass is 16.6. The van der Waals surface area contributed by atoms with Gasteiger partial charge in [0, 0.05) is 32.1 Å². The standard InChI is InChI=1S/C29H32N4O3/c1-2-36-29(35)32-18-17-24(33-26-16-10-9-15-25(26)30-28(33)34)19-27(32)31(20-22-11-5-3-6-12-22)21-23-13-7-4-8-14-23/h3-16,24,27H,2,17-21H2,1H3,(H,30,34). The van der Waals surface area contributed by atoms with Gasteiger partial charge in [0.25, 0.3) is 0 Å². The van der Waals surface area contributed by atoms with Crippen molar-refractivity contribution in [3.05, 3.63) is 107 Å². The number of nitrogens with zero attached hydrogens (tertiary/aromatic N) is 3. The van der Waals surface area contributed by atoms with E-state index in [4.69, 9.17) is 4.74 Å². The zero-order chi connectivity index (χ0) is 24.9. The number of imidazole rings is 1. The lowest BCUT2D eigenvalue weighted by Crippen LogP contribution is -2.55. The Bertz CT molecular complexity index is 1310. The van der Waals surface area contributed by atoms with E-state index in [1.807, 2.05) is 77.1 Å². The van der Waals surface area contributed by atoms with E-state index in [2.05, 4.69) is 34.1 Å². The molecule has 0 saturated carbocycles. The Hall–Kier alpha value is -3.84. The van der Waals surface area contributed by atoms with E-state index in [0.717, 1.165) is 11.0 Å². The maximum absolute atomic E-state index is 13.1. The number of carbonyl (C=O) groups excluding carboxylic acids is 1. The Kier molecular flexibility index (Phi) is 7.18. The number of ether oxygens (including phenoxy) is 1. The SMILES string of the molecule is CCOC(=O)N1CCC(n2c(=O)[nH]c3ccccc32)CC1N(Cc1ccccc1)Cc1ccccc1. The van der Waals surface area contributed by atoms with Gasteiger partial charge in [-0.3, -0.25) is 14.4 Å². The number of rotatable bonds is 7. The molecule has 2 atom stereocenters. The minimum atomic E-state index is -0.307. The van der Waals surface area contributed by atoms with E-state index in [-0.39, 0.29) is 24.0 Å². The van der Waals surface area contributed by atoms with Crippen molar-refractivity contribution in [2.75, 3.05) is 13.2 Å². The van der Waals surface area contributed by atoms with Gasteiger partial charge in [-0.05, 0) is 36.6 Å². The molecule has 5 rings (SSSR count). The minimum Gasteiger partial charge on any atom is -0.450 e. The molecule has 0 radical (unpaired) electrons. The van der Waals surface area contributed by atoms with Gasteiger partial charge in [0.15, 0.2) is 0 Å². The van der Waals surface area contributed by atoms with E-state index in [9.17, 15) is 9.59 Å². The van der Waals surface area contributed by atoms with Crippen LogP contribution in [0.2, 0.25) is 0 Å². The molecule has 7 nitrogen and oxygen atoms in total.